The quantitative estimate of drug-likeness (QED) is 0.520. The molecular weight excluding hydrogens is 214 g/mol. The fourth-order valence-corrected chi connectivity index (χ4v) is 1.39. The van der Waals surface area contributed by atoms with Crippen molar-refractivity contribution >= 4 is 17.3 Å². The van der Waals surface area contributed by atoms with Gasteiger partial charge in [-0.15, -0.1) is 6.58 Å². The molecule has 0 saturated carbocycles. The van der Waals surface area contributed by atoms with Gasteiger partial charge in [0.2, 0.25) is 0 Å². The maximum atomic E-state index is 11.7. The monoisotopic (exact) mass is 233 g/mol. The Morgan fingerprint density at radius 2 is 2.29 bits per heavy atom. The van der Waals surface area contributed by atoms with E-state index in [1.54, 1.807) is 24.3 Å². The summed E-state index contributed by atoms with van der Waals surface area (Å²) in [5, 5.41) is 5.90. The summed E-state index contributed by atoms with van der Waals surface area (Å²) < 4.78 is 0. The highest BCUT2D eigenvalue weighted by Crippen LogP contribution is 2.19. The number of carbonyl (C=O) groups is 1. The molecule has 0 aliphatic carbocycles. The second kappa shape index (κ2) is 6.58. The van der Waals surface area contributed by atoms with E-state index in [0.29, 0.717) is 24.3 Å². The minimum Gasteiger partial charge on any atom is -0.397 e. The lowest BCUT2D eigenvalue weighted by atomic mass is 10.1. The van der Waals surface area contributed by atoms with Crippen LogP contribution in [0.3, 0.4) is 0 Å². The summed E-state index contributed by atoms with van der Waals surface area (Å²) in [6.45, 7) is 6.95. The number of nitrogens with one attached hydrogen (secondary N) is 2. The Morgan fingerprint density at radius 3 is 2.88 bits per heavy atom. The van der Waals surface area contributed by atoms with E-state index in [0.717, 1.165) is 12.1 Å². The first-order valence-electron chi connectivity index (χ1n) is 5.71. The SMILES string of the molecule is C=CCNc1ccc(C(=O)NCCC)cc1N. The highest BCUT2D eigenvalue weighted by atomic mass is 16.1. The molecule has 0 fully saturated rings. The van der Waals surface area contributed by atoms with Crippen LogP contribution in [0.4, 0.5) is 11.4 Å². The molecule has 4 N–H and O–H groups in total. The van der Waals surface area contributed by atoms with E-state index >= 15 is 0 Å². The van der Waals surface area contributed by atoms with Crippen molar-refractivity contribution in [2.45, 2.75) is 13.3 Å². The summed E-state index contributed by atoms with van der Waals surface area (Å²) in [5.74, 6) is -0.0891. The first kappa shape index (κ1) is 13.1. The zero-order valence-electron chi connectivity index (χ0n) is 10.1. The lowest BCUT2D eigenvalue weighted by Gasteiger charge is -2.09. The third-order valence-corrected chi connectivity index (χ3v) is 2.29. The predicted octanol–water partition coefficient (Wildman–Crippen LogP) is 2.01. The second-order valence-electron chi connectivity index (χ2n) is 3.73. The molecule has 17 heavy (non-hydrogen) atoms. The normalized spacial score (nSPS) is 9.71. The van der Waals surface area contributed by atoms with E-state index in [2.05, 4.69) is 17.2 Å². The Morgan fingerprint density at radius 1 is 1.53 bits per heavy atom. The molecule has 4 nitrogen and oxygen atoms in total. The largest absolute Gasteiger partial charge is 0.397 e. The number of amides is 1. The van der Waals surface area contributed by atoms with Crippen LogP contribution in [-0.2, 0) is 0 Å². The van der Waals surface area contributed by atoms with Crippen molar-refractivity contribution in [3.63, 3.8) is 0 Å². The standard InChI is InChI=1S/C13H19N3O/c1-3-7-15-12-6-5-10(9-11(12)14)13(17)16-8-4-2/h3,5-6,9,15H,1,4,7-8,14H2,2H3,(H,16,17). The molecule has 1 rings (SSSR count). The van der Waals surface area contributed by atoms with Crippen molar-refractivity contribution in [2.24, 2.45) is 0 Å². The molecule has 0 atom stereocenters. The molecule has 0 heterocycles. The zero-order valence-corrected chi connectivity index (χ0v) is 10.1. The molecule has 4 heteroatoms. The van der Waals surface area contributed by atoms with Crippen molar-refractivity contribution in [2.75, 3.05) is 24.1 Å². The average Bonchev–Trinajstić information content (AvgIpc) is 2.34. The first-order valence-corrected chi connectivity index (χ1v) is 5.71. The van der Waals surface area contributed by atoms with Gasteiger partial charge >= 0.3 is 0 Å². The summed E-state index contributed by atoms with van der Waals surface area (Å²) in [7, 11) is 0. The molecule has 0 unspecified atom stereocenters. The third kappa shape index (κ3) is 3.83. The van der Waals surface area contributed by atoms with Gasteiger partial charge in [0.1, 0.15) is 0 Å². The number of benzene rings is 1. The van der Waals surface area contributed by atoms with Crippen molar-refractivity contribution < 1.29 is 4.79 Å². The van der Waals surface area contributed by atoms with Gasteiger partial charge in [-0.05, 0) is 24.6 Å². The molecule has 0 aliphatic rings. The molecule has 92 valence electrons. The Kier molecular flexibility index (Phi) is 5.07. The number of anilines is 2. The Labute approximate surface area is 102 Å². The van der Waals surface area contributed by atoms with Gasteiger partial charge in [-0.2, -0.15) is 0 Å². The lowest BCUT2D eigenvalue weighted by Crippen LogP contribution is -2.24. The summed E-state index contributed by atoms with van der Waals surface area (Å²) in [6, 6.07) is 5.24. The van der Waals surface area contributed by atoms with Crippen LogP contribution in [0.1, 0.15) is 23.7 Å². The third-order valence-electron chi connectivity index (χ3n) is 2.29. The molecule has 0 bridgehead atoms. The number of nitrogen functional groups attached to an aromatic ring is 1. The summed E-state index contributed by atoms with van der Waals surface area (Å²) in [5.41, 5.74) is 7.82. The van der Waals surface area contributed by atoms with Crippen LogP contribution < -0.4 is 16.4 Å². The van der Waals surface area contributed by atoms with Gasteiger partial charge in [0.05, 0.1) is 11.4 Å². The van der Waals surface area contributed by atoms with Gasteiger partial charge in [-0.3, -0.25) is 4.79 Å². The van der Waals surface area contributed by atoms with Crippen LogP contribution in [0.15, 0.2) is 30.9 Å². The van der Waals surface area contributed by atoms with Crippen LogP contribution >= 0.6 is 0 Å². The van der Waals surface area contributed by atoms with Crippen molar-refractivity contribution in [3.8, 4) is 0 Å². The number of rotatable bonds is 6. The Hall–Kier alpha value is -1.97. The number of hydrogen-bond acceptors (Lipinski definition) is 3. The van der Waals surface area contributed by atoms with Crippen LogP contribution in [0.25, 0.3) is 0 Å². The van der Waals surface area contributed by atoms with Gasteiger partial charge in [0.15, 0.2) is 0 Å². The number of carbonyl (C=O) groups excluding carboxylic acids is 1. The van der Waals surface area contributed by atoms with E-state index < -0.39 is 0 Å². The highest BCUT2D eigenvalue weighted by molar-refractivity contribution is 5.96. The van der Waals surface area contributed by atoms with Crippen LogP contribution in [-0.4, -0.2) is 19.0 Å². The summed E-state index contributed by atoms with van der Waals surface area (Å²) >= 11 is 0. The molecule has 1 aromatic rings. The van der Waals surface area contributed by atoms with Crippen molar-refractivity contribution in [1.29, 1.82) is 0 Å². The smallest absolute Gasteiger partial charge is 0.251 e. The van der Waals surface area contributed by atoms with E-state index in [1.807, 2.05) is 6.92 Å². The van der Waals surface area contributed by atoms with Gasteiger partial charge in [0, 0.05) is 18.7 Å². The molecule has 0 radical (unpaired) electrons. The van der Waals surface area contributed by atoms with Crippen molar-refractivity contribution in [3.05, 3.63) is 36.4 Å². The van der Waals surface area contributed by atoms with E-state index in [-0.39, 0.29) is 5.91 Å². The summed E-state index contributed by atoms with van der Waals surface area (Å²) in [6.07, 6.45) is 2.67. The average molecular weight is 233 g/mol. The molecular formula is C13H19N3O. The van der Waals surface area contributed by atoms with E-state index in [9.17, 15) is 4.79 Å². The molecule has 0 aromatic heterocycles. The fraction of sp³-hybridized carbons (Fsp3) is 0.308. The van der Waals surface area contributed by atoms with Gasteiger partial charge < -0.3 is 16.4 Å². The topological polar surface area (TPSA) is 67.2 Å². The first-order chi connectivity index (χ1) is 8.19. The molecule has 1 amide bonds. The Balaban J connectivity index is 2.73. The van der Waals surface area contributed by atoms with Crippen LogP contribution in [0, 0.1) is 0 Å². The minimum atomic E-state index is -0.0891. The van der Waals surface area contributed by atoms with Gasteiger partial charge in [0.25, 0.3) is 5.91 Å². The number of nitrogens with two attached hydrogens (primary N) is 1. The maximum absolute atomic E-state index is 11.7. The second-order valence-corrected chi connectivity index (χ2v) is 3.73. The summed E-state index contributed by atoms with van der Waals surface area (Å²) in [4.78, 5) is 11.7. The maximum Gasteiger partial charge on any atom is 0.251 e. The predicted molar refractivity (Wildman–Crippen MR) is 72.2 cm³/mol. The van der Waals surface area contributed by atoms with Gasteiger partial charge in [-0.1, -0.05) is 13.0 Å². The van der Waals surface area contributed by atoms with E-state index in [1.165, 1.54) is 0 Å². The highest BCUT2D eigenvalue weighted by Gasteiger charge is 2.06. The minimum absolute atomic E-state index is 0.0891. The zero-order chi connectivity index (χ0) is 12.7. The fourth-order valence-electron chi connectivity index (χ4n) is 1.39. The lowest BCUT2D eigenvalue weighted by molar-refractivity contribution is 0.0953. The van der Waals surface area contributed by atoms with Crippen LogP contribution in [0.5, 0.6) is 0 Å². The van der Waals surface area contributed by atoms with Crippen molar-refractivity contribution in [1.82, 2.24) is 5.32 Å². The number of hydrogen-bond donors (Lipinski definition) is 3. The Bertz CT molecular complexity index is 402. The molecule has 1 aromatic carbocycles. The molecule has 0 spiro atoms. The molecule has 0 saturated heterocycles. The van der Waals surface area contributed by atoms with Crippen LogP contribution in [0.2, 0.25) is 0 Å². The van der Waals surface area contributed by atoms with Gasteiger partial charge in [-0.25, -0.2) is 0 Å². The molecule has 0 aliphatic heterocycles. The van der Waals surface area contributed by atoms with E-state index in [4.69, 9.17) is 5.73 Å².